The first-order valence-electron chi connectivity index (χ1n) is 7.27. The van der Waals surface area contributed by atoms with Gasteiger partial charge in [-0.2, -0.15) is 0 Å². The van der Waals surface area contributed by atoms with Crippen molar-refractivity contribution in [3.63, 3.8) is 0 Å². The van der Waals surface area contributed by atoms with Gasteiger partial charge in [0.05, 0.1) is 11.7 Å². The van der Waals surface area contributed by atoms with Gasteiger partial charge >= 0.3 is 0 Å². The topological polar surface area (TPSA) is 14.2 Å². The molecule has 0 N–H and O–H groups in total. The summed E-state index contributed by atoms with van der Waals surface area (Å²) in [6.07, 6.45) is 7.22. The Kier molecular flexibility index (Phi) is 3.58. The van der Waals surface area contributed by atoms with Crippen LogP contribution in [0.4, 0.5) is 0 Å². The van der Waals surface area contributed by atoms with Crippen molar-refractivity contribution in [3.05, 3.63) is 53.9 Å². The van der Waals surface area contributed by atoms with Gasteiger partial charge in [-0.25, -0.2) is 0 Å². The molecule has 1 aromatic carbocycles. The average Bonchev–Trinajstić information content (AvgIpc) is 2.85. The highest BCUT2D eigenvalue weighted by Crippen LogP contribution is 2.35. The number of fused-ring (bicyclic) bond motifs is 2. The number of hydrogen-bond donors (Lipinski definition) is 0. The van der Waals surface area contributed by atoms with Crippen molar-refractivity contribution >= 4 is 0 Å². The Morgan fingerprint density at radius 2 is 2.05 bits per heavy atom. The smallest absolute Gasteiger partial charge is 0.128 e. The van der Waals surface area contributed by atoms with Crippen LogP contribution in [0.25, 0.3) is 0 Å². The third kappa shape index (κ3) is 2.40. The number of para-hydroxylation sites is 1. The summed E-state index contributed by atoms with van der Waals surface area (Å²) in [5.41, 5.74) is 2.60. The Balaban J connectivity index is 1.96. The highest BCUT2D eigenvalue weighted by molar-refractivity contribution is 5.38. The molecule has 0 amide bonds. The minimum atomic E-state index is 0.426. The molecular formula is C17H21NO. The van der Waals surface area contributed by atoms with Gasteiger partial charge in [0.1, 0.15) is 12.4 Å². The van der Waals surface area contributed by atoms with E-state index in [9.17, 15) is 0 Å². The third-order valence-corrected chi connectivity index (χ3v) is 3.94. The molecule has 0 bridgehead atoms. The Bertz CT molecular complexity index is 544. The van der Waals surface area contributed by atoms with E-state index in [1.807, 2.05) is 0 Å². The van der Waals surface area contributed by atoms with Crippen LogP contribution in [0, 0.1) is 0 Å². The molecular weight excluding hydrogens is 234 g/mol. The lowest BCUT2D eigenvalue weighted by molar-refractivity contribution is 0.303. The van der Waals surface area contributed by atoms with E-state index in [4.69, 9.17) is 4.74 Å². The molecule has 1 aliphatic heterocycles. The van der Waals surface area contributed by atoms with E-state index in [-0.39, 0.29) is 0 Å². The van der Waals surface area contributed by atoms with Gasteiger partial charge in [0, 0.05) is 11.8 Å². The second-order valence-electron chi connectivity index (χ2n) is 5.24. The summed E-state index contributed by atoms with van der Waals surface area (Å²) in [6.45, 7) is 2.93. The van der Waals surface area contributed by atoms with Crippen LogP contribution in [0.2, 0.25) is 0 Å². The molecule has 0 saturated carbocycles. The first-order chi connectivity index (χ1) is 9.40. The summed E-state index contributed by atoms with van der Waals surface area (Å²) in [7, 11) is 0. The standard InChI is InChI=1S/C17H21NO/c1-2-3-4-10-16-15-9-5-6-11-17(15)19-13-14-8-7-12-18(14)16/h5-9,11-12,16H,2-4,10,13H2,1H3. The van der Waals surface area contributed by atoms with Crippen molar-refractivity contribution < 1.29 is 4.74 Å². The lowest BCUT2D eigenvalue weighted by Gasteiger charge is -2.20. The second-order valence-corrected chi connectivity index (χ2v) is 5.24. The van der Waals surface area contributed by atoms with Crippen molar-refractivity contribution in [3.8, 4) is 5.75 Å². The number of ether oxygens (including phenoxy) is 1. The van der Waals surface area contributed by atoms with E-state index in [1.165, 1.54) is 36.9 Å². The van der Waals surface area contributed by atoms with Crippen LogP contribution >= 0.6 is 0 Å². The first kappa shape index (κ1) is 12.3. The number of rotatable bonds is 4. The predicted molar refractivity (Wildman–Crippen MR) is 77.5 cm³/mol. The first-order valence-corrected chi connectivity index (χ1v) is 7.27. The van der Waals surface area contributed by atoms with Crippen LogP contribution in [-0.4, -0.2) is 4.57 Å². The van der Waals surface area contributed by atoms with E-state index in [1.54, 1.807) is 0 Å². The fraction of sp³-hybridized carbons (Fsp3) is 0.412. The molecule has 1 unspecified atom stereocenters. The molecule has 0 fully saturated rings. The lowest BCUT2D eigenvalue weighted by atomic mass is 9.99. The molecule has 0 saturated heterocycles. The highest BCUT2D eigenvalue weighted by atomic mass is 16.5. The van der Waals surface area contributed by atoms with Crippen LogP contribution < -0.4 is 4.74 Å². The molecule has 3 rings (SSSR count). The fourth-order valence-corrected chi connectivity index (χ4v) is 2.93. The molecule has 2 nitrogen and oxygen atoms in total. The number of hydrogen-bond acceptors (Lipinski definition) is 1. The second kappa shape index (κ2) is 5.52. The predicted octanol–water partition coefficient (Wildman–Crippen LogP) is 4.55. The maximum absolute atomic E-state index is 5.95. The number of nitrogens with zero attached hydrogens (tertiary/aromatic N) is 1. The van der Waals surface area contributed by atoms with Crippen molar-refractivity contribution in [1.82, 2.24) is 4.57 Å². The largest absolute Gasteiger partial charge is 0.487 e. The van der Waals surface area contributed by atoms with E-state index < -0.39 is 0 Å². The van der Waals surface area contributed by atoms with E-state index in [2.05, 4.69) is 54.1 Å². The Labute approximate surface area is 115 Å². The fourth-order valence-electron chi connectivity index (χ4n) is 2.93. The van der Waals surface area contributed by atoms with Crippen molar-refractivity contribution in [2.75, 3.05) is 0 Å². The number of benzene rings is 1. The maximum atomic E-state index is 5.95. The molecule has 0 aliphatic carbocycles. The minimum absolute atomic E-state index is 0.426. The molecule has 1 aliphatic rings. The van der Waals surface area contributed by atoms with Gasteiger partial charge in [0.2, 0.25) is 0 Å². The van der Waals surface area contributed by atoms with Gasteiger partial charge in [-0.05, 0) is 24.6 Å². The average molecular weight is 255 g/mol. The summed E-state index contributed by atoms with van der Waals surface area (Å²) in [5.74, 6) is 1.05. The van der Waals surface area contributed by atoms with E-state index >= 15 is 0 Å². The SMILES string of the molecule is CCCCCC1c2ccccc2OCc2cccn21. The van der Waals surface area contributed by atoms with Crippen LogP contribution in [0.5, 0.6) is 5.75 Å². The van der Waals surface area contributed by atoms with Gasteiger partial charge < -0.3 is 9.30 Å². The number of unbranched alkanes of at least 4 members (excludes halogenated alkanes) is 2. The molecule has 100 valence electrons. The monoisotopic (exact) mass is 255 g/mol. The Morgan fingerprint density at radius 3 is 2.95 bits per heavy atom. The molecule has 0 radical (unpaired) electrons. The number of aromatic nitrogens is 1. The zero-order valence-corrected chi connectivity index (χ0v) is 11.5. The van der Waals surface area contributed by atoms with Gasteiger partial charge in [-0.3, -0.25) is 0 Å². The van der Waals surface area contributed by atoms with Crippen LogP contribution in [0.3, 0.4) is 0 Å². The van der Waals surface area contributed by atoms with Crippen molar-refractivity contribution in [2.24, 2.45) is 0 Å². The Morgan fingerprint density at radius 1 is 1.16 bits per heavy atom. The Hall–Kier alpha value is -1.70. The van der Waals surface area contributed by atoms with Gasteiger partial charge in [0.25, 0.3) is 0 Å². The normalized spacial score (nSPS) is 17.2. The van der Waals surface area contributed by atoms with Gasteiger partial charge in [0.15, 0.2) is 0 Å². The highest BCUT2D eigenvalue weighted by Gasteiger charge is 2.22. The summed E-state index contributed by atoms with van der Waals surface area (Å²) < 4.78 is 8.34. The lowest BCUT2D eigenvalue weighted by Crippen LogP contribution is -2.10. The van der Waals surface area contributed by atoms with E-state index in [0.717, 1.165) is 5.75 Å². The zero-order chi connectivity index (χ0) is 13.1. The quantitative estimate of drug-likeness (QED) is 0.731. The van der Waals surface area contributed by atoms with Crippen LogP contribution in [0.1, 0.15) is 49.9 Å². The summed E-state index contributed by atoms with van der Waals surface area (Å²) in [6, 6.07) is 13.2. The van der Waals surface area contributed by atoms with Crippen molar-refractivity contribution in [1.29, 1.82) is 0 Å². The molecule has 1 atom stereocenters. The summed E-state index contributed by atoms with van der Waals surface area (Å²) in [4.78, 5) is 0. The molecule has 19 heavy (non-hydrogen) atoms. The molecule has 2 heteroatoms. The summed E-state index contributed by atoms with van der Waals surface area (Å²) >= 11 is 0. The van der Waals surface area contributed by atoms with Crippen molar-refractivity contribution in [2.45, 2.75) is 45.3 Å². The van der Waals surface area contributed by atoms with Gasteiger partial charge in [-0.1, -0.05) is 44.4 Å². The maximum Gasteiger partial charge on any atom is 0.128 e. The zero-order valence-electron chi connectivity index (χ0n) is 11.5. The van der Waals surface area contributed by atoms with Gasteiger partial charge in [-0.15, -0.1) is 0 Å². The molecule has 0 spiro atoms. The minimum Gasteiger partial charge on any atom is -0.487 e. The molecule has 2 aromatic rings. The molecule has 1 aromatic heterocycles. The van der Waals surface area contributed by atoms with Crippen LogP contribution in [0.15, 0.2) is 42.6 Å². The van der Waals surface area contributed by atoms with Crippen LogP contribution in [-0.2, 0) is 6.61 Å². The third-order valence-electron chi connectivity index (χ3n) is 3.94. The summed E-state index contributed by atoms with van der Waals surface area (Å²) in [5, 5.41) is 0. The van der Waals surface area contributed by atoms with E-state index in [0.29, 0.717) is 12.6 Å². The molecule has 2 heterocycles.